The van der Waals surface area contributed by atoms with Crippen molar-refractivity contribution >= 4 is 15.7 Å². The summed E-state index contributed by atoms with van der Waals surface area (Å²) in [5, 5.41) is 2.64. The van der Waals surface area contributed by atoms with Crippen molar-refractivity contribution < 1.29 is 13.2 Å². The predicted molar refractivity (Wildman–Crippen MR) is 84.6 cm³/mol. The molecular weight excluding hydrogens is 302 g/mol. The lowest BCUT2D eigenvalue weighted by Gasteiger charge is -2.09. The highest BCUT2D eigenvalue weighted by atomic mass is 32.2. The largest absolute Gasteiger partial charge is 0.351 e. The summed E-state index contributed by atoms with van der Waals surface area (Å²) in [6, 6.07) is 0. The highest BCUT2D eigenvalue weighted by Gasteiger charge is 2.27. The molecule has 0 aromatic carbocycles. The summed E-state index contributed by atoms with van der Waals surface area (Å²) in [5.74, 6) is 1.11. The van der Waals surface area contributed by atoms with E-state index in [1.807, 2.05) is 13.8 Å². The van der Waals surface area contributed by atoms with Crippen LogP contribution in [0, 0.1) is 12.8 Å². The molecule has 1 aliphatic rings. The number of aromatic nitrogens is 2. The molecule has 0 aliphatic heterocycles. The van der Waals surface area contributed by atoms with Gasteiger partial charge in [-0.3, -0.25) is 4.79 Å². The molecule has 0 spiro atoms. The quantitative estimate of drug-likeness (QED) is 0.820. The van der Waals surface area contributed by atoms with Gasteiger partial charge in [0.15, 0.2) is 9.84 Å². The molecule has 2 rings (SSSR count). The van der Waals surface area contributed by atoms with Crippen molar-refractivity contribution in [2.45, 2.75) is 39.5 Å². The van der Waals surface area contributed by atoms with Gasteiger partial charge >= 0.3 is 0 Å². The van der Waals surface area contributed by atoms with Gasteiger partial charge < -0.3 is 5.32 Å². The number of nitrogens with zero attached hydrogens (tertiary/aromatic N) is 2. The highest BCUT2D eigenvalue weighted by Crippen LogP contribution is 2.37. The molecule has 1 aromatic heterocycles. The average molecular weight is 325 g/mol. The molecule has 1 aromatic rings. The number of amides is 1. The first-order valence-corrected chi connectivity index (χ1v) is 9.43. The van der Waals surface area contributed by atoms with Crippen LogP contribution in [0.4, 0.5) is 0 Å². The maximum absolute atomic E-state index is 12.1. The third kappa shape index (κ3) is 4.76. The first-order valence-electron chi connectivity index (χ1n) is 7.60. The zero-order valence-electron chi connectivity index (χ0n) is 13.3. The third-order valence-electron chi connectivity index (χ3n) is 3.47. The van der Waals surface area contributed by atoms with Crippen LogP contribution in [-0.4, -0.2) is 42.3 Å². The van der Waals surface area contributed by atoms with Crippen molar-refractivity contribution in [1.29, 1.82) is 0 Å². The number of nitrogens with one attached hydrogen (secondary N) is 1. The molecule has 1 amide bonds. The second-order valence-corrected chi connectivity index (χ2v) is 8.49. The minimum Gasteiger partial charge on any atom is -0.351 e. The molecule has 22 heavy (non-hydrogen) atoms. The smallest absolute Gasteiger partial charge is 0.254 e. The average Bonchev–Trinajstić information content (AvgIpc) is 3.20. The van der Waals surface area contributed by atoms with Gasteiger partial charge in [-0.05, 0) is 25.7 Å². The molecule has 0 radical (unpaired) electrons. The number of carbonyl (C=O) groups excluding carboxylic acids is 1. The van der Waals surface area contributed by atoms with E-state index in [0.29, 0.717) is 17.2 Å². The maximum atomic E-state index is 12.1. The Balaban J connectivity index is 1.90. The van der Waals surface area contributed by atoms with E-state index in [1.54, 1.807) is 6.92 Å². The van der Waals surface area contributed by atoms with Crippen LogP contribution in [0.25, 0.3) is 0 Å². The molecule has 6 nitrogen and oxygen atoms in total. The number of hydrogen-bond donors (Lipinski definition) is 1. The molecule has 0 saturated heterocycles. The lowest BCUT2D eigenvalue weighted by Crippen LogP contribution is -2.31. The minimum atomic E-state index is -3.12. The molecular formula is C15H23N3O3S. The number of aryl methyl sites for hydroxylation is 1. The van der Waals surface area contributed by atoms with Gasteiger partial charge in [-0.15, -0.1) is 0 Å². The molecule has 1 N–H and O–H groups in total. The maximum Gasteiger partial charge on any atom is 0.254 e. The van der Waals surface area contributed by atoms with Crippen LogP contribution in [-0.2, 0) is 9.84 Å². The summed E-state index contributed by atoms with van der Waals surface area (Å²) in [6.45, 7) is 5.60. The fourth-order valence-corrected chi connectivity index (χ4v) is 3.85. The van der Waals surface area contributed by atoms with E-state index >= 15 is 0 Å². The first kappa shape index (κ1) is 16.9. The zero-order valence-corrected chi connectivity index (χ0v) is 14.1. The molecule has 1 heterocycles. The van der Waals surface area contributed by atoms with Crippen molar-refractivity contribution in [2.75, 3.05) is 18.1 Å². The van der Waals surface area contributed by atoms with Crippen molar-refractivity contribution in [3.05, 3.63) is 23.3 Å². The zero-order chi connectivity index (χ0) is 16.3. The summed E-state index contributed by atoms with van der Waals surface area (Å²) < 4.78 is 23.6. The Morgan fingerprint density at radius 2 is 2.09 bits per heavy atom. The van der Waals surface area contributed by atoms with Crippen molar-refractivity contribution in [3.63, 3.8) is 0 Å². The Morgan fingerprint density at radius 1 is 1.41 bits per heavy atom. The van der Waals surface area contributed by atoms with E-state index in [2.05, 4.69) is 15.3 Å². The molecule has 7 heteroatoms. The number of carbonyl (C=O) groups is 1. The standard InChI is InChI=1S/C15H23N3O3S/c1-10(2)9-22(20,21)7-6-16-15(19)13-8-17-14(12-4-5-12)18-11(13)3/h8,10,12H,4-7,9H2,1-3H3,(H,16,19). The molecule has 1 aliphatic carbocycles. The Kier molecular flexibility index (Phi) is 5.16. The second-order valence-electron chi connectivity index (χ2n) is 6.27. The van der Waals surface area contributed by atoms with E-state index in [-0.39, 0.29) is 29.9 Å². The van der Waals surface area contributed by atoms with Gasteiger partial charge in [-0.25, -0.2) is 18.4 Å². The highest BCUT2D eigenvalue weighted by molar-refractivity contribution is 7.91. The van der Waals surface area contributed by atoms with Crippen LogP contribution in [0.1, 0.15) is 54.5 Å². The Labute approximate surface area is 131 Å². The summed E-state index contributed by atoms with van der Waals surface area (Å²) in [4.78, 5) is 20.7. The molecule has 1 fully saturated rings. The van der Waals surface area contributed by atoms with Gasteiger partial charge in [0.25, 0.3) is 5.91 Å². The van der Waals surface area contributed by atoms with Crippen LogP contribution >= 0.6 is 0 Å². The topological polar surface area (TPSA) is 89.0 Å². The molecule has 0 unspecified atom stereocenters. The monoisotopic (exact) mass is 325 g/mol. The van der Waals surface area contributed by atoms with Crippen LogP contribution in [0.2, 0.25) is 0 Å². The Morgan fingerprint density at radius 3 is 2.64 bits per heavy atom. The fourth-order valence-electron chi connectivity index (χ4n) is 2.25. The van der Waals surface area contributed by atoms with Gasteiger partial charge in [0.2, 0.25) is 0 Å². The van der Waals surface area contributed by atoms with Gasteiger partial charge in [0.1, 0.15) is 5.82 Å². The van der Waals surface area contributed by atoms with Crippen LogP contribution in [0.15, 0.2) is 6.20 Å². The fraction of sp³-hybridized carbons (Fsp3) is 0.667. The van der Waals surface area contributed by atoms with Gasteiger partial charge in [0, 0.05) is 18.7 Å². The number of hydrogen-bond acceptors (Lipinski definition) is 5. The lowest BCUT2D eigenvalue weighted by molar-refractivity contribution is 0.0954. The van der Waals surface area contributed by atoms with Crippen LogP contribution in [0.3, 0.4) is 0 Å². The van der Waals surface area contributed by atoms with Gasteiger partial charge in [-0.2, -0.15) is 0 Å². The van der Waals surface area contributed by atoms with E-state index in [4.69, 9.17) is 0 Å². The summed E-state index contributed by atoms with van der Waals surface area (Å²) in [7, 11) is -3.12. The molecule has 0 bridgehead atoms. The predicted octanol–water partition coefficient (Wildman–Crippen LogP) is 1.46. The molecule has 0 atom stereocenters. The number of rotatable bonds is 7. The summed E-state index contributed by atoms with van der Waals surface area (Å²) in [6.07, 6.45) is 3.76. The first-order chi connectivity index (χ1) is 10.3. The third-order valence-corrected chi connectivity index (χ3v) is 5.47. The Bertz CT molecular complexity index is 652. The lowest BCUT2D eigenvalue weighted by atomic mass is 10.2. The molecule has 1 saturated carbocycles. The van der Waals surface area contributed by atoms with E-state index < -0.39 is 9.84 Å². The minimum absolute atomic E-state index is 0.0447. The van der Waals surface area contributed by atoms with Crippen LogP contribution in [0.5, 0.6) is 0 Å². The normalized spacial score (nSPS) is 15.1. The van der Waals surface area contributed by atoms with Crippen molar-refractivity contribution in [1.82, 2.24) is 15.3 Å². The van der Waals surface area contributed by atoms with Gasteiger partial charge in [-0.1, -0.05) is 13.8 Å². The SMILES string of the molecule is Cc1nc(C2CC2)ncc1C(=O)NCCS(=O)(=O)CC(C)C. The van der Waals surface area contributed by atoms with E-state index in [0.717, 1.165) is 18.7 Å². The molecule has 122 valence electrons. The van der Waals surface area contributed by atoms with E-state index in [9.17, 15) is 13.2 Å². The van der Waals surface area contributed by atoms with Crippen LogP contribution < -0.4 is 5.32 Å². The summed E-state index contributed by atoms with van der Waals surface area (Å²) >= 11 is 0. The summed E-state index contributed by atoms with van der Waals surface area (Å²) in [5.41, 5.74) is 1.05. The van der Waals surface area contributed by atoms with Gasteiger partial charge in [0.05, 0.1) is 22.8 Å². The van der Waals surface area contributed by atoms with Crippen molar-refractivity contribution in [3.8, 4) is 0 Å². The second kappa shape index (κ2) is 6.73. The van der Waals surface area contributed by atoms with E-state index in [1.165, 1.54) is 6.20 Å². The van der Waals surface area contributed by atoms with Crippen molar-refractivity contribution in [2.24, 2.45) is 5.92 Å². The Hall–Kier alpha value is -1.50. The number of sulfone groups is 1.